The van der Waals surface area contributed by atoms with E-state index in [0.717, 1.165) is 27.5 Å². The normalized spacial score (nSPS) is 19.3. The van der Waals surface area contributed by atoms with Crippen molar-refractivity contribution in [3.63, 3.8) is 0 Å². The molecule has 1 fully saturated rings. The molecule has 4 N–H and O–H groups in total. The summed E-state index contributed by atoms with van der Waals surface area (Å²) >= 11 is 2.47. The van der Waals surface area contributed by atoms with Crippen LogP contribution in [0.5, 0.6) is 0 Å². The third-order valence-electron chi connectivity index (χ3n) is 5.73. The molecular formula is C22H20N8O5S2. The van der Waals surface area contributed by atoms with Gasteiger partial charge in [-0.2, -0.15) is 5.10 Å². The minimum absolute atomic E-state index is 0.146. The van der Waals surface area contributed by atoms with Crippen molar-refractivity contribution in [2.24, 2.45) is 5.16 Å². The number of rotatable bonds is 8. The molecule has 2 aliphatic heterocycles. The molecule has 0 aromatic carbocycles. The third-order valence-corrected chi connectivity index (χ3v) is 7.75. The highest BCUT2D eigenvalue weighted by atomic mass is 32.2. The van der Waals surface area contributed by atoms with Crippen molar-refractivity contribution in [3.8, 4) is 11.3 Å². The van der Waals surface area contributed by atoms with Gasteiger partial charge in [-0.25, -0.2) is 9.55 Å². The molecule has 15 heteroatoms. The van der Waals surface area contributed by atoms with Crippen molar-refractivity contribution in [3.05, 3.63) is 59.1 Å². The molecule has 0 bridgehead atoms. The third kappa shape index (κ3) is 4.65. The first kappa shape index (κ1) is 24.5. The molecule has 1 saturated heterocycles. The topological polar surface area (TPSA) is 183 Å². The van der Waals surface area contributed by atoms with Crippen LogP contribution < -0.4 is 20.7 Å². The van der Waals surface area contributed by atoms with Crippen LogP contribution in [-0.4, -0.2) is 67.9 Å². The highest BCUT2D eigenvalue weighted by Crippen LogP contribution is 2.40. The Morgan fingerprint density at radius 2 is 2.27 bits per heavy atom. The van der Waals surface area contributed by atoms with E-state index in [1.54, 1.807) is 17.8 Å². The number of anilines is 1. The number of carbonyl (C=O) groups is 3. The number of aliphatic carboxylic acids is 1. The zero-order chi connectivity index (χ0) is 26.1. The number of hydrogen-bond donors (Lipinski definition) is 3. The number of carbonyl (C=O) groups excluding carboxylic acids is 3. The van der Waals surface area contributed by atoms with Crippen LogP contribution in [0, 0.1) is 0 Å². The average Bonchev–Trinajstić information content (AvgIpc) is 3.57. The van der Waals surface area contributed by atoms with Gasteiger partial charge >= 0.3 is 0 Å². The maximum absolute atomic E-state index is 13.0. The number of thioether (sulfide) groups is 1. The zero-order valence-electron chi connectivity index (χ0n) is 19.3. The fraction of sp³-hybridized carbons (Fsp3) is 0.227. The number of nitrogens with zero attached hydrogens (tertiary/aromatic N) is 5. The number of oxime groups is 1. The van der Waals surface area contributed by atoms with Gasteiger partial charge in [-0.3, -0.25) is 19.6 Å². The molecule has 0 spiro atoms. The highest BCUT2D eigenvalue weighted by molar-refractivity contribution is 8.00. The molecule has 2 amide bonds. The largest absolute Gasteiger partial charge is 0.543 e. The van der Waals surface area contributed by atoms with E-state index in [1.165, 1.54) is 18.9 Å². The number of hydrogen-bond acceptors (Lipinski definition) is 11. The van der Waals surface area contributed by atoms with E-state index < -0.39 is 29.2 Å². The summed E-state index contributed by atoms with van der Waals surface area (Å²) in [6, 6.07) is 4.61. The summed E-state index contributed by atoms with van der Waals surface area (Å²) in [7, 11) is 1.28. The first-order valence-corrected chi connectivity index (χ1v) is 12.8. The molecule has 0 radical (unpaired) electrons. The van der Waals surface area contributed by atoms with Gasteiger partial charge in [0.1, 0.15) is 24.2 Å². The molecule has 5 rings (SSSR count). The molecule has 2 aliphatic rings. The molecule has 5 heterocycles. The number of fused-ring (bicyclic) bond motifs is 1. The van der Waals surface area contributed by atoms with E-state index in [9.17, 15) is 19.5 Å². The second-order valence-electron chi connectivity index (χ2n) is 8.03. The fourth-order valence-electron chi connectivity index (χ4n) is 4.11. The second kappa shape index (κ2) is 10.0. The minimum atomic E-state index is -1.46. The molecule has 13 nitrogen and oxygen atoms in total. The van der Waals surface area contributed by atoms with Crippen molar-refractivity contribution in [1.29, 1.82) is 0 Å². The molecule has 37 heavy (non-hydrogen) atoms. The van der Waals surface area contributed by atoms with E-state index in [4.69, 9.17) is 10.6 Å². The van der Waals surface area contributed by atoms with Gasteiger partial charge in [0.2, 0.25) is 0 Å². The summed E-state index contributed by atoms with van der Waals surface area (Å²) < 4.78 is 1.83. The van der Waals surface area contributed by atoms with Gasteiger partial charge in [0.15, 0.2) is 29.8 Å². The lowest BCUT2D eigenvalue weighted by Crippen LogP contribution is -2.71. The number of aromatic amines is 1. The first-order chi connectivity index (χ1) is 17.9. The monoisotopic (exact) mass is 540 g/mol. The Bertz CT molecular complexity index is 1430. The number of β-lactam (4-membered cyclic amide) rings is 1. The molecule has 0 aliphatic carbocycles. The Labute approximate surface area is 218 Å². The minimum Gasteiger partial charge on any atom is -0.543 e. The van der Waals surface area contributed by atoms with Gasteiger partial charge in [0.05, 0.1) is 22.9 Å². The van der Waals surface area contributed by atoms with Crippen LogP contribution in [0.2, 0.25) is 0 Å². The summed E-state index contributed by atoms with van der Waals surface area (Å²) in [6.07, 6.45) is 5.30. The molecule has 3 aromatic rings. The van der Waals surface area contributed by atoms with Gasteiger partial charge < -0.3 is 25.8 Å². The summed E-state index contributed by atoms with van der Waals surface area (Å²) in [4.78, 5) is 48.0. The SMILES string of the molecule is CO/N=C(\C(=O)N[C@@H]1C(=O)N2C(C(=O)[O-])=C(C[n+]3cccc(-c4ccn[nH]4)c3)CS[C@@H]12)c1csc(N)n1. The van der Waals surface area contributed by atoms with Gasteiger partial charge in [-0.1, -0.05) is 5.16 Å². The van der Waals surface area contributed by atoms with E-state index in [-0.39, 0.29) is 28.8 Å². The summed E-state index contributed by atoms with van der Waals surface area (Å²) in [5.41, 5.74) is 7.73. The van der Waals surface area contributed by atoms with E-state index in [2.05, 4.69) is 25.7 Å². The maximum Gasteiger partial charge on any atom is 0.276 e. The Morgan fingerprint density at radius 3 is 2.95 bits per heavy atom. The lowest BCUT2D eigenvalue weighted by molar-refractivity contribution is -0.688. The number of nitrogen functional groups attached to an aromatic ring is 1. The number of aromatic nitrogens is 4. The molecular weight excluding hydrogens is 520 g/mol. The number of H-pyrrole nitrogens is 1. The van der Waals surface area contributed by atoms with Crippen molar-refractivity contribution in [1.82, 2.24) is 25.4 Å². The van der Waals surface area contributed by atoms with Gasteiger partial charge in [-0.05, 0) is 12.1 Å². The van der Waals surface area contributed by atoms with E-state index in [1.807, 2.05) is 29.0 Å². The summed E-state index contributed by atoms with van der Waals surface area (Å²) in [5.74, 6) is -2.38. The highest BCUT2D eigenvalue weighted by Gasteiger charge is 2.53. The van der Waals surface area contributed by atoms with Crippen molar-refractivity contribution in [2.45, 2.75) is 18.0 Å². The van der Waals surface area contributed by atoms with Gasteiger partial charge in [0.25, 0.3) is 11.8 Å². The Kier molecular flexibility index (Phi) is 6.62. The van der Waals surface area contributed by atoms with Crippen molar-refractivity contribution in [2.75, 3.05) is 18.6 Å². The lowest BCUT2D eigenvalue weighted by Gasteiger charge is -2.50. The molecule has 3 aromatic heterocycles. The van der Waals surface area contributed by atoms with E-state index in [0.29, 0.717) is 11.3 Å². The number of nitrogens with two attached hydrogens (primary N) is 1. The van der Waals surface area contributed by atoms with Crippen LogP contribution in [0.3, 0.4) is 0 Å². The lowest BCUT2D eigenvalue weighted by atomic mass is 10.0. The van der Waals surface area contributed by atoms with Crippen LogP contribution in [0.25, 0.3) is 11.3 Å². The zero-order valence-corrected chi connectivity index (χ0v) is 20.9. The van der Waals surface area contributed by atoms with Crippen LogP contribution in [0.1, 0.15) is 5.69 Å². The predicted molar refractivity (Wildman–Crippen MR) is 131 cm³/mol. The number of nitrogens with one attached hydrogen (secondary N) is 2. The number of carboxylic acid groups (broad SMARTS) is 1. The Morgan fingerprint density at radius 1 is 1.43 bits per heavy atom. The number of pyridine rings is 1. The van der Waals surface area contributed by atoms with Crippen LogP contribution in [0.15, 0.2) is 58.6 Å². The summed E-state index contributed by atoms with van der Waals surface area (Å²) in [6.45, 7) is 0.238. The first-order valence-electron chi connectivity index (χ1n) is 10.9. The number of thiazole rings is 1. The molecule has 2 atom stereocenters. The Balaban J connectivity index is 1.35. The van der Waals surface area contributed by atoms with Gasteiger partial charge in [-0.15, -0.1) is 23.1 Å². The van der Waals surface area contributed by atoms with Crippen LogP contribution in [-0.2, 0) is 25.8 Å². The van der Waals surface area contributed by atoms with Crippen molar-refractivity contribution >= 4 is 51.7 Å². The predicted octanol–water partition coefficient (Wildman–Crippen LogP) is -1.14. The summed E-state index contributed by atoms with van der Waals surface area (Å²) in [5, 5.41) is 26.5. The van der Waals surface area contributed by atoms with Gasteiger partial charge in [0, 0.05) is 29.0 Å². The van der Waals surface area contributed by atoms with E-state index >= 15 is 0 Å². The standard InChI is InChI=1S/C22H20N8O5S2/c1-35-28-15(14-10-37-22(23)25-14)18(31)26-16-19(32)30-17(21(33)34)12(9-36-20(16)30)8-29-6-2-3-11(7-29)13-4-5-24-27-13/h2-7,10,16,20H,8-9H2,1H3,(H4-,23,24,25,26,27,31,33,34)/b28-15-/t16-,20+/m1/s1. The number of carboxylic acids is 1. The van der Waals surface area contributed by atoms with Crippen LogP contribution >= 0.6 is 23.1 Å². The van der Waals surface area contributed by atoms with Crippen molar-refractivity contribution < 1.29 is 28.9 Å². The second-order valence-corrected chi connectivity index (χ2v) is 10.0. The molecule has 190 valence electrons. The average molecular weight is 541 g/mol. The smallest absolute Gasteiger partial charge is 0.276 e. The maximum atomic E-state index is 13.0. The van der Waals surface area contributed by atoms with Crippen LogP contribution in [0.4, 0.5) is 5.13 Å². The fourth-order valence-corrected chi connectivity index (χ4v) is 5.99. The quantitative estimate of drug-likeness (QED) is 0.138. The molecule has 0 unspecified atom stereocenters. The molecule has 0 saturated carbocycles. The number of amides is 2. The Hall–Kier alpha value is -4.24.